The summed E-state index contributed by atoms with van der Waals surface area (Å²) >= 11 is 8.32. The van der Waals surface area contributed by atoms with E-state index in [0.717, 1.165) is 37.5 Å². The van der Waals surface area contributed by atoms with E-state index in [9.17, 15) is 4.79 Å². The fourth-order valence-corrected chi connectivity index (χ4v) is 5.31. The minimum atomic E-state index is -0.182. The van der Waals surface area contributed by atoms with Gasteiger partial charge in [-0.05, 0) is 61.4 Å². The van der Waals surface area contributed by atoms with Crippen LogP contribution in [0.4, 0.5) is 5.69 Å². The first kappa shape index (κ1) is 21.4. The number of carbonyl (C=O) groups excluding carboxylic acids is 1. The largest absolute Gasteiger partial charge is 0.494 e. The van der Waals surface area contributed by atoms with E-state index in [4.69, 9.17) is 21.3 Å². The Balaban J connectivity index is 1.63. The molecular formula is C27H21ClN2O2S. The molecule has 0 bridgehead atoms. The molecule has 0 saturated carbocycles. The molecule has 5 rings (SSSR count). The molecule has 1 amide bonds. The van der Waals surface area contributed by atoms with Crippen molar-refractivity contribution in [3.63, 3.8) is 0 Å². The molecule has 4 aromatic rings. The molecule has 1 aromatic heterocycles. The summed E-state index contributed by atoms with van der Waals surface area (Å²) < 4.78 is 6.57. The first-order valence-electron chi connectivity index (χ1n) is 10.7. The number of nitrogens with zero attached hydrogens (tertiary/aromatic N) is 2. The van der Waals surface area contributed by atoms with Gasteiger partial charge in [-0.1, -0.05) is 54.1 Å². The Morgan fingerprint density at radius 2 is 1.85 bits per heavy atom. The third kappa shape index (κ3) is 4.06. The minimum absolute atomic E-state index is 0.182. The number of thiophene rings is 1. The Bertz CT molecular complexity index is 1420. The van der Waals surface area contributed by atoms with Gasteiger partial charge in [-0.3, -0.25) is 9.69 Å². The van der Waals surface area contributed by atoms with Crippen LogP contribution >= 0.6 is 22.9 Å². The highest BCUT2D eigenvalue weighted by atomic mass is 35.5. The second-order valence-corrected chi connectivity index (χ2v) is 9.12. The van der Waals surface area contributed by atoms with Crippen LogP contribution in [0, 0.1) is 6.92 Å². The average molecular weight is 473 g/mol. The molecule has 0 saturated heterocycles. The molecule has 0 N–H and O–H groups in total. The molecular weight excluding hydrogens is 452 g/mol. The zero-order valence-corrected chi connectivity index (χ0v) is 19.8. The molecule has 1 aliphatic rings. The highest BCUT2D eigenvalue weighted by molar-refractivity contribution is 7.21. The number of amidine groups is 1. The van der Waals surface area contributed by atoms with Gasteiger partial charge in [-0.25, -0.2) is 4.99 Å². The summed E-state index contributed by atoms with van der Waals surface area (Å²) in [6.45, 7) is 4.56. The quantitative estimate of drug-likeness (QED) is 0.291. The highest BCUT2D eigenvalue weighted by Gasteiger charge is 2.35. The Labute approximate surface area is 201 Å². The second kappa shape index (κ2) is 8.85. The smallest absolute Gasteiger partial charge is 0.282 e. The molecule has 6 heteroatoms. The van der Waals surface area contributed by atoms with Crippen molar-refractivity contribution in [1.29, 1.82) is 0 Å². The van der Waals surface area contributed by atoms with E-state index in [1.807, 2.05) is 86.6 Å². The van der Waals surface area contributed by atoms with Crippen molar-refractivity contribution in [2.75, 3.05) is 11.5 Å². The SMILES string of the molecule is CCOc1ccc(/C=C2/N=C(c3sc4ccccc4c3Cl)N(c3cccc(C)c3)C2=O)cc1. The van der Waals surface area contributed by atoms with E-state index >= 15 is 0 Å². The Morgan fingerprint density at radius 3 is 2.58 bits per heavy atom. The van der Waals surface area contributed by atoms with Crippen molar-refractivity contribution in [1.82, 2.24) is 0 Å². The predicted octanol–water partition coefficient (Wildman–Crippen LogP) is 7.10. The van der Waals surface area contributed by atoms with Crippen LogP contribution in [0.2, 0.25) is 5.02 Å². The van der Waals surface area contributed by atoms with Crippen LogP contribution in [0.15, 0.2) is 83.5 Å². The zero-order chi connectivity index (χ0) is 22.9. The van der Waals surface area contributed by atoms with E-state index in [0.29, 0.717) is 23.2 Å². The lowest BCUT2D eigenvalue weighted by molar-refractivity contribution is -0.113. The number of amides is 1. The lowest BCUT2D eigenvalue weighted by atomic mass is 10.1. The van der Waals surface area contributed by atoms with Gasteiger partial charge in [-0.15, -0.1) is 11.3 Å². The summed E-state index contributed by atoms with van der Waals surface area (Å²) in [5.74, 6) is 1.16. The van der Waals surface area contributed by atoms with Gasteiger partial charge in [0.2, 0.25) is 0 Å². The molecule has 164 valence electrons. The van der Waals surface area contributed by atoms with Gasteiger partial charge in [0, 0.05) is 10.1 Å². The maximum atomic E-state index is 13.6. The summed E-state index contributed by atoms with van der Waals surface area (Å²) in [7, 11) is 0. The number of aryl methyl sites for hydroxylation is 1. The number of benzene rings is 3. The molecule has 0 atom stereocenters. The van der Waals surface area contributed by atoms with Crippen molar-refractivity contribution in [3.05, 3.63) is 99.5 Å². The number of hydrogen-bond donors (Lipinski definition) is 0. The molecule has 0 aliphatic carbocycles. The molecule has 2 heterocycles. The number of aliphatic imine (C=N–C) groups is 1. The van der Waals surface area contributed by atoms with Crippen LogP contribution in [-0.4, -0.2) is 18.3 Å². The summed E-state index contributed by atoms with van der Waals surface area (Å²) in [5.41, 5.74) is 3.07. The van der Waals surface area contributed by atoms with Crippen LogP contribution in [-0.2, 0) is 4.79 Å². The van der Waals surface area contributed by atoms with Crippen molar-refractivity contribution in [3.8, 4) is 5.75 Å². The Kier molecular flexibility index (Phi) is 5.75. The zero-order valence-electron chi connectivity index (χ0n) is 18.2. The standard InChI is InChI=1S/C27H21ClN2O2S/c1-3-32-20-13-11-18(12-14-20)16-22-27(31)30(19-8-6-7-17(2)15-19)26(29-22)25-24(28)21-9-4-5-10-23(21)33-25/h4-16H,3H2,1-2H3/b22-16+. The van der Waals surface area contributed by atoms with E-state index in [1.165, 1.54) is 0 Å². The van der Waals surface area contributed by atoms with Crippen molar-refractivity contribution in [2.45, 2.75) is 13.8 Å². The fourth-order valence-electron chi connectivity index (χ4n) is 3.82. The fraction of sp³-hybridized carbons (Fsp3) is 0.111. The maximum absolute atomic E-state index is 13.6. The normalized spacial score (nSPS) is 14.9. The van der Waals surface area contributed by atoms with Gasteiger partial charge in [0.15, 0.2) is 5.84 Å². The molecule has 1 aliphatic heterocycles. The lowest BCUT2D eigenvalue weighted by Gasteiger charge is -2.18. The highest BCUT2D eigenvalue weighted by Crippen LogP contribution is 2.39. The first-order chi connectivity index (χ1) is 16.0. The summed E-state index contributed by atoms with van der Waals surface area (Å²) in [6, 6.07) is 23.4. The van der Waals surface area contributed by atoms with E-state index in [-0.39, 0.29) is 5.91 Å². The van der Waals surface area contributed by atoms with E-state index < -0.39 is 0 Å². The Hall–Kier alpha value is -3.41. The molecule has 0 radical (unpaired) electrons. The van der Waals surface area contributed by atoms with Crippen molar-refractivity contribution < 1.29 is 9.53 Å². The molecule has 3 aromatic carbocycles. The second-order valence-electron chi connectivity index (χ2n) is 7.69. The molecule has 33 heavy (non-hydrogen) atoms. The van der Waals surface area contributed by atoms with Gasteiger partial charge in [0.1, 0.15) is 11.4 Å². The summed E-state index contributed by atoms with van der Waals surface area (Å²) in [4.78, 5) is 20.8. The van der Waals surface area contributed by atoms with E-state index in [2.05, 4.69) is 0 Å². The third-order valence-electron chi connectivity index (χ3n) is 5.35. The third-order valence-corrected chi connectivity index (χ3v) is 7.02. The number of anilines is 1. The van der Waals surface area contributed by atoms with Crippen LogP contribution in [0.3, 0.4) is 0 Å². The van der Waals surface area contributed by atoms with Gasteiger partial charge in [-0.2, -0.15) is 0 Å². The minimum Gasteiger partial charge on any atom is -0.494 e. The molecule has 0 spiro atoms. The topological polar surface area (TPSA) is 41.9 Å². The number of carbonyl (C=O) groups is 1. The molecule has 4 nitrogen and oxygen atoms in total. The molecule has 0 unspecified atom stereocenters. The van der Waals surface area contributed by atoms with Gasteiger partial charge < -0.3 is 4.74 Å². The van der Waals surface area contributed by atoms with Crippen LogP contribution < -0.4 is 9.64 Å². The first-order valence-corrected chi connectivity index (χ1v) is 11.9. The van der Waals surface area contributed by atoms with Gasteiger partial charge >= 0.3 is 0 Å². The number of halogens is 1. The lowest BCUT2D eigenvalue weighted by Crippen LogP contribution is -2.32. The van der Waals surface area contributed by atoms with Crippen molar-refractivity contribution >= 4 is 56.5 Å². The number of hydrogen-bond acceptors (Lipinski definition) is 4. The maximum Gasteiger partial charge on any atom is 0.282 e. The molecule has 0 fully saturated rings. The number of rotatable bonds is 5. The number of ether oxygens (including phenoxy) is 1. The van der Waals surface area contributed by atoms with Gasteiger partial charge in [0.05, 0.1) is 22.2 Å². The number of fused-ring (bicyclic) bond motifs is 1. The van der Waals surface area contributed by atoms with Crippen LogP contribution in [0.25, 0.3) is 16.2 Å². The van der Waals surface area contributed by atoms with Gasteiger partial charge in [0.25, 0.3) is 5.91 Å². The van der Waals surface area contributed by atoms with Crippen molar-refractivity contribution in [2.24, 2.45) is 4.99 Å². The monoisotopic (exact) mass is 472 g/mol. The average Bonchev–Trinajstić information content (AvgIpc) is 3.32. The van der Waals surface area contributed by atoms with Crippen LogP contribution in [0.1, 0.15) is 22.9 Å². The predicted molar refractivity (Wildman–Crippen MR) is 138 cm³/mol. The van der Waals surface area contributed by atoms with Crippen LogP contribution in [0.5, 0.6) is 5.75 Å². The van der Waals surface area contributed by atoms with E-state index in [1.54, 1.807) is 22.3 Å². The summed E-state index contributed by atoms with van der Waals surface area (Å²) in [5, 5.41) is 1.57. The summed E-state index contributed by atoms with van der Waals surface area (Å²) in [6.07, 6.45) is 1.80. The Morgan fingerprint density at radius 1 is 1.06 bits per heavy atom.